The van der Waals surface area contributed by atoms with E-state index in [-0.39, 0.29) is 28.7 Å². The molecular formula is C24H27F2N5O2. The van der Waals surface area contributed by atoms with Crippen molar-refractivity contribution in [3.8, 4) is 17.0 Å². The summed E-state index contributed by atoms with van der Waals surface area (Å²) in [6.07, 6.45) is 2.33. The Hall–Kier alpha value is -3.33. The van der Waals surface area contributed by atoms with Gasteiger partial charge in [-0.15, -0.1) is 0 Å². The molecular weight excluding hydrogens is 428 g/mol. The normalized spacial score (nSPS) is 11.9. The number of nitrogens with zero attached hydrogens (tertiary/aromatic N) is 5. The molecule has 0 atom stereocenters. The van der Waals surface area contributed by atoms with Crippen LogP contribution in [0.5, 0.6) is 5.88 Å². The highest BCUT2D eigenvalue weighted by molar-refractivity contribution is 6.04. The van der Waals surface area contributed by atoms with Gasteiger partial charge in [-0.2, -0.15) is 9.37 Å². The zero-order valence-corrected chi connectivity index (χ0v) is 19.4. The lowest BCUT2D eigenvalue weighted by atomic mass is 10.0. The van der Waals surface area contributed by atoms with E-state index in [2.05, 4.69) is 9.97 Å². The first-order chi connectivity index (χ1) is 15.7. The summed E-state index contributed by atoms with van der Waals surface area (Å²) in [7, 11) is 5.59. The van der Waals surface area contributed by atoms with Crippen molar-refractivity contribution in [3.05, 3.63) is 52.7 Å². The predicted molar refractivity (Wildman–Crippen MR) is 125 cm³/mol. The highest BCUT2D eigenvalue weighted by Crippen LogP contribution is 2.33. The van der Waals surface area contributed by atoms with E-state index < -0.39 is 11.8 Å². The molecule has 9 heteroatoms. The third-order valence-electron chi connectivity index (χ3n) is 5.63. The maximum atomic E-state index is 15.0. The van der Waals surface area contributed by atoms with Crippen molar-refractivity contribution in [1.29, 1.82) is 0 Å². The number of fused-ring (bicyclic) bond motifs is 3. The predicted octanol–water partition coefficient (Wildman–Crippen LogP) is 4.14. The molecule has 4 rings (SSSR count). The van der Waals surface area contributed by atoms with Crippen molar-refractivity contribution in [2.45, 2.75) is 26.3 Å². The second-order valence-electron chi connectivity index (χ2n) is 8.64. The Labute approximate surface area is 190 Å². The molecule has 7 nitrogen and oxygen atoms in total. The molecule has 0 radical (unpaired) electrons. The molecule has 0 saturated heterocycles. The number of hydrogen-bond donors (Lipinski definition) is 0. The second kappa shape index (κ2) is 8.90. The van der Waals surface area contributed by atoms with Crippen LogP contribution in [0.1, 0.15) is 26.3 Å². The summed E-state index contributed by atoms with van der Waals surface area (Å²) in [5.41, 5.74) is 1.52. The molecule has 0 saturated carbocycles. The second-order valence-corrected chi connectivity index (χ2v) is 8.64. The van der Waals surface area contributed by atoms with E-state index in [1.54, 1.807) is 17.8 Å². The van der Waals surface area contributed by atoms with Crippen LogP contribution in [0.15, 0.2) is 35.3 Å². The quantitative estimate of drug-likeness (QED) is 0.310. The molecule has 0 unspecified atom stereocenters. The molecule has 0 aliphatic rings. The lowest BCUT2D eigenvalue weighted by Crippen LogP contribution is -2.23. The Bertz CT molecular complexity index is 1390. The van der Waals surface area contributed by atoms with Crippen molar-refractivity contribution in [2.75, 3.05) is 27.2 Å². The SMILES string of the molecule is CC(C)n1c(=O)n(C)c2cnc3cc(F)c(-c4ccc(OCCCN(C)C)nc4F)cc3c21. The smallest absolute Gasteiger partial charge is 0.329 e. The molecule has 0 aliphatic heterocycles. The van der Waals surface area contributed by atoms with Crippen molar-refractivity contribution < 1.29 is 13.5 Å². The van der Waals surface area contributed by atoms with Crippen LogP contribution >= 0.6 is 0 Å². The maximum Gasteiger partial charge on any atom is 0.329 e. The topological polar surface area (TPSA) is 65.2 Å². The Morgan fingerprint density at radius 3 is 2.58 bits per heavy atom. The Morgan fingerprint density at radius 2 is 1.91 bits per heavy atom. The Kier molecular flexibility index (Phi) is 6.16. The van der Waals surface area contributed by atoms with Crippen LogP contribution < -0.4 is 10.4 Å². The number of benzene rings is 1. The van der Waals surface area contributed by atoms with Gasteiger partial charge in [0.05, 0.1) is 29.4 Å². The van der Waals surface area contributed by atoms with Gasteiger partial charge in [0.15, 0.2) is 0 Å². The lowest BCUT2D eigenvalue weighted by Gasteiger charge is -2.12. The molecule has 0 N–H and O–H groups in total. The highest BCUT2D eigenvalue weighted by atomic mass is 19.1. The van der Waals surface area contributed by atoms with E-state index in [1.165, 1.54) is 28.8 Å². The first kappa shape index (κ1) is 22.8. The molecule has 3 aromatic heterocycles. The summed E-state index contributed by atoms with van der Waals surface area (Å²) < 4.78 is 38.6. The van der Waals surface area contributed by atoms with E-state index in [0.717, 1.165) is 13.0 Å². The summed E-state index contributed by atoms with van der Waals surface area (Å²) >= 11 is 0. The summed E-state index contributed by atoms with van der Waals surface area (Å²) in [4.78, 5) is 23.0. The highest BCUT2D eigenvalue weighted by Gasteiger charge is 2.20. The van der Waals surface area contributed by atoms with Crippen molar-refractivity contribution >= 4 is 21.9 Å². The van der Waals surface area contributed by atoms with Gasteiger partial charge in [0, 0.05) is 48.3 Å². The van der Waals surface area contributed by atoms with Gasteiger partial charge in [-0.3, -0.25) is 14.1 Å². The van der Waals surface area contributed by atoms with Gasteiger partial charge >= 0.3 is 5.69 Å². The van der Waals surface area contributed by atoms with Gasteiger partial charge in [-0.1, -0.05) is 0 Å². The van der Waals surface area contributed by atoms with Gasteiger partial charge in [-0.05, 0) is 46.5 Å². The van der Waals surface area contributed by atoms with Gasteiger partial charge in [-0.25, -0.2) is 9.18 Å². The van der Waals surface area contributed by atoms with E-state index in [4.69, 9.17) is 4.74 Å². The van der Waals surface area contributed by atoms with Crippen LogP contribution in [0.2, 0.25) is 0 Å². The standard InChI is InChI=1S/C24H27F2N5O2/c1-14(2)31-22-17-11-16(18(25)12-19(17)27-13-20(22)30(5)24(31)32)15-7-8-21(28-23(15)26)33-10-6-9-29(3)4/h7-8,11-14H,6,9-10H2,1-5H3. The van der Waals surface area contributed by atoms with Crippen LogP contribution in [0, 0.1) is 11.8 Å². The van der Waals surface area contributed by atoms with Crippen LogP contribution in [0.25, 0.3) is 33.1 Å². The fourth-order valence-electron chi connectivity index (χ4n) is 3.99. The van der Waals surface area contributed by atoms with E-state index >= 15 is 4.39 Å². The average Bonchev–Trinajstić information content (AvgIpc) is 3.02. The third-order valence-corrected chi connectivity index (χ3v) is 5.63. The lowest BCUT2D eigenvalue weighted by molar-refractivity contribution is 0.270. The molecule has 0 spiro atoms. The van der Waals surface area contributed by atoms with Crippen molar-refractivity contribution in [1.82, 2.24) is 24.0 Å². The van der Waals surface area contributed by atoms with E-state index in [9.17, 15) is 9.18 Å². The van der Waals surface area contributed by atoms with Gasteiger partial charge < -0.3 is 9.64 Å². The minimum absolute atomic E-state index is 0.0152. The molecule has 174 valence electrons. The average molecular weight is 456 g/mol. The molecule has 1 aromatic carbocycles. The first-order valence-electron chi connectivity index (χ1n) is 10.8. The number of rotatable bonds is 7. The molecule has 0 fully saturated rings. The summed E-state index contributed by atoms with van der Waals surface area (Å²) in [6, 6.07) is 5.67. The molecule has 33 heavy (non-hydrogen) atoms. The number of hydrogen-bond acceptors (Lipinski definition) is 5. The van der Waals surface area contributed by atoms with Crippen LogP contribution in [0.3, 0.4) is 0 Å². The van der Waals surface area contributed by atoms with Crippen LogP contribution in [-0.2, 0) is 7.05 Å². The fourth-order valence-corrected chi connectivity index (χ4v) is 3.99. The van der Waals surface area contributed by atoms with Crippen molar-refractivity contribution in [3.63, 3.8) is 0 Å². The van der Waals surface area contributed by atoms with Crippen LogP contribution in [0.4, 0.5) is 8.78 Å². The summed E-state index contributed by atoms with van der Waals surface area (Å²) in [5, 5.41) is 0.568. The van der Waals surface area contributed by atoms with Crippen LogP contribution in [-0.4, -0.2) is 51.2 Å². The largest absolute Gasteiger partial charge is 0.478 e. The number of ether oxygens (including phenoxy) is 1. The van der Waals surface area contributed by atoms with E-state index in [1.807, 2.05) is 32.8 Å². The minimum atomic E-state index is -0.826. The van der Waals surface area contributed by atoms with E-state index in [0.29, 0.717) is 28.5 Å². The zero-order chi connectivity index (χ0) is 23.9. The summed E-state index contributed by atoms with van der Waals surface area (Å²) in [6.45, 7) is 5.04. The van der Waals surface area contributed by atoms with Gasteiger partial charge in [0.2, 0.25) is 11.8 Å². The summed E-state index contributed by atoms with van der Waals surface area (Å²) in [5.74, 6) is -1.30. The molecule has 3 heterocycles. The number of aromatic nitrogens is 4. The number of aryl methyl sites for hydroxylation is 1. The molecule has 0 bridgehead atoms. The molecule has 4 aromatic rings. The minimum Gasteiger partial charge on any atom is -0.478 e. The monoisotopic (exact) mass is 455 g/mol. The number of halogens is 2. The number of imidazole rings is 1. The number of pyridine rings is 2. The van der Waals surface area contributed by atoms with Gasteiger partial charge in [0.25, 0.3) is 0 Å². The zero-order valence-electron chi connectivity index (χ0n) is 19.4. The maximum absolute atomic E-state index is 15.0. The molecule has 0 amide bonds. The Morgan fingerprint density at radius 1 is 1.15 bits per heavy atom. The van der Waals surface area contributed by atoms with Gasteiger partial charge in [0.1, 0.15) is 5.82 Å². The first-order valence-corrected chi connectivity index (χ1v) is 10.8. The third kappa shape index (κ3) is 4.20. The molecule has 0 aliphatic carbocycles. The fraction of sp³-hybridized carbons (Fsp3) is 0.375. The Balaban J connectivity index is 1.80. The van der Waals surface area contributed by atoms with Crippen molar-refractivity contribution in [2.24, 2.45) is 7.05 Å².